The molecule has 0 fully saturated rings. The third kappa shape index (κ3) is 2.18. The molecule has 0 amide bonds. The zero-order valence-corrected chi connectivity index (χ0v) is 14.0. The Bertz CT molecular complexity index is 981. The lowest BCUT2D eigenvalue weighted by molar-refractivity contribution is -0.384. The van der Waals surface area contributed by atoms with Crippen molar-refractivity contribution in [3.8, 4) is 0 Å². The number of halogens is 1. The summed E-state index contributed by atoms with van der Waals surface area (Å²) in [4.78, 5) is 10.8. The highest BCUT2D eigenvalue weighted by Crippen LogP contribution is 2.36. The molecule has 0 saturated heterocycles. The minimum absolute atomic E-state index is 0.0626. The van der Waals surface area contributed by atoms with E-state index < -0.39 is 14.9 Å². The Morgan fingerprint density at radius 2 is 1.59 bits per heavy atom. The van der Waals surface area contributed by atoms with Crippen LogP contribution in [-0.2, 0) is 10.0 Å². The number of fused-ring (bicyclic) bond motifs is 1. The van der Waals surface area contributed by atoms with Gasteiger partial charge in [0.05, 0.1) is 20.7 Å². The molecule has 0 unspecified atom stereocenters. The second-order valence-corrected chi connectivity index (χ2v) is 7.30. The van der Waals surface area contributed by atoms with Gasteiger partial charge in [0, 0.05) is 0 Å². The maximum atomic E-state index is 12.8. The molecule has 0 bridgehead atoms. The molecule has 0 aliphatic carbocycles. The summed E-state index contributed by atoms with van der Waals surface area (Å²) in [5.41, 5.74) is 0.0955. The fourth-order valence-corrected chi connectivity index (χ4v) is 5.22. The van der Waals surface area contributed by atoms with E-state index in [0.717, 1.165) is 3.97 Å². The van der Waals surface area contributed by atoms with Crippen LogP contribution in [0.2, 0.25) is 0 Å². The van der Waals surface area contributed by atoms with Gasteiger partial charge >= 0.3 is 5.69 Å². The third-order valence-corrected chi connectivity index (χ3v) is 6.26. The first-order valence-corrected chi connectivity index (χ1v) is 8.70. The van der Waals surface area contributed by atoms with Crippen LogP contribution in [0.5, 0.6) is 0 Å². The molecule has 0 saturated carbocycles. The maximum Gasteiger partial charge on any atom is 0.309 e. The van der Waals surface area contributed by atoms with E-state index in [1.807, 2.05) is 0 Å². The first-order valence-electron chi connectivity index (χ1n) is 6.18. The highest BCUT2D eigenvalue weighted by atomic mass is 127. The summed E-state index contributed by atoms with van der Waals surface area (Å²) in [6.07, 6.45) is 0. The maximum absolute atomic E-state index is 12.8. The molecule has 0 N–H and O–H groups in total. The third-order valence-electron chi connectivity index (χ3n) is 3.22. The molecular formula is C14H9IN2O4S. The topological polar surface area (TPSA) is 82.2 Å². The number of hydrogen-bond donors (Lipinski definition) is 0. The van der Waals surface area contributed by atoms with Crippen LogP contribution in [0, 0.1) is 13.8 Å². The molecule has 0 radical (unpaired) electrons. The van der Waals surface area contributed by atoms with Crippen LogP contribution in [0.3, 0.4) is 0 Å². The SMILES string of the molecule is O=[N+]([O-])c1c(I)n(S(=O)(=O)c2ccccc2)c2ccccc12. The molecule has 8 heteroatoms. The number of hydrogen-bond acceptors (Lipinski definition) is 4. The van der Waals surface area contributed by atoms with Crippen molar-refractivity contribution in [2.75, 3.05) is 0 Å². The van der Waals surface area contributed by atoms with E-state index in [9.17, 15) is 18.5 Å². The number of nitro groups is 1. The fraction of sp³-hybridized carbons (Fsp3) is 0. The smallest absolute Gasteiger partial charge is 0.258 e. The molecule has 1 heterocycles. The van der Waals surface area contributed by atoms with Gasteiger partial charge in [-0.1, -0.05) is 30.3 Å². The molecule has 0 atom stereocenters. The Labute approximate surface area is 139 Å². The van der Waals surface area contributed by atoms with Crippen LogP contribution in [0.1, 0.15) is 0 Å². The van der Waals surface area contributed by atoms with E-state index in [1.165, 1.54) is 12.1 Å². The Morgan fingerprint density at radius 3 is 2.23 bits per heavy atom. The normalized spacial score (nSPS) is 11.7. The largest absolute Gasteiger partial charge is 0.309 e. The van der Waals surface area contributed by atoms with Crippen LogP contribution in [0.15, 0.2) is 59.5 Å². The summed E-state index contributed by atoms with van der Waals surface area (Å²) in [5, 5.41) is 11.6. The molecule has 22 heavy (non-hydrogen) atoms. The fourth-order valence-electron chi connectivity index (χ4n) is 2.27. The molecule has 6 nitrogen and oxygen atoms in total. The summed E-state index contributed by atoms with van der Waals surface area (Å²) in [7, 11) is -3.90. The lowest BCUT2D eigenvalue weighted by atomic mass is 10.2. The van der Waals surface area contributed by atoms with Gasteiger partial charge in [0.2, 0.25) is 0 Å². The summed E-state index contributed by atoms with van der Waals surface area (Å²) in [5.74, 6) is 0. The van der Waals surface area contributed by atoms with Gasteiger partial charge in [-0.3, -0.25) is 10.1 Å². The quantitative estimate of drug-likeness (QED) is 0.364. The van der Waals surface area contributed by atoms with Gasteiger partial charge in [0.25, 0.3) is 10.0 Å². The van der Waals surface area contributed by atoms with Crippen LogP contribution in [-0.4, -0.2) is 17.3 Å². The highest BCUT2D eigenvalue weighted by Gasteiger charge is 2.30. The van der Waals surface area contributed by atoms with E-state index >= 15 is 0 Å². The number of nitrogens with zero attached hydrogens (tertiary/aromatic N) is 2. The molecule has 3 rings (SSSR count). The number of para-hydroxylation sites is 1. The predicted molar refractivity (Wildman–Crippen MR) is 90.3 cm³/mol. The molecule has 0 aliphatic rings. The van der Waals surface area contributed by atoms with Gasteiger partial charge in [-0.15, -0.1) is 0 Å². The summed E-state index contributed by atoms with van der Waals surface area (Å²) >= 11 is 1.70. The average Bonchev–Trinajstić information content (AvgIpc) is 2.80. The standard InChI is InChI=1S/C14H9IN2O4S/c15-14-13(17(18)19)11-8-4-5-9-12(11)16(14)22(20,21)10-6-2-1-3-7-10/h1-9H. The molecule has 3 aromatic rings. The van der Waals surface area contributed by atoms with Crippen molar-refractivity contribution in [2.24, 2.45) is 0 Å². The van der Waals surface area contributed by atoms with Crippen molar-refractivity contribution in [3.05, 3.63) is 68.4 Å². The van der Waals surface area contributed by atoms with Crippen molar-refractivity contribution in [1.29, 1.82) is 0 Å². The van der Waals surface area contributed by atoms with Crippen LogP contribution in [0.25, 0.3) is 10.9 Å². The van der Waals surface area contributed by atoms with Gasteiger partial charge in [-0.25, -0.2) is 12.4 Å². The van der Waals surface area contributed by atoms with E-state index in [2.05, 4.69) is 0 Å². The molecule has 1 aromatic heterocycles. The zero-order chi connectivity index (χ0) is 15.9. The molecule has 112 valence electrons. The molecule has 0 aliphatic heterocycles. The minimum atomic E-state index is -3.90. The van der Waals surface area contributed by atoms with Crippen molar-refractivity contribution in [1.82, 2.24) is 3.97 Å². The van der Waals surface area contributed by atoms with E-state index in [1.54, 1.807) is 65.1 Å². The first-order chi connectivity index (χ1) is 10.4. The molecule has 0 spiro atoms. The van der Waals surface area contributed by atoms with Crippen LogP contribution < -0.4 is 0 Å². The Morgan fingerprint density at radius 1 is 1.00 bits per heavy atom. The second kappa shape index (κ2) is 5.36. The van der Waals surface area contributed by atoms with Crippen molar-refractivity contribution in [3.63, 3.8) is 0 Å². The van der Waals surface area contributed by atoms with Gasteiger partial charge < -0.3 is 0 Å². The van der Waals surface area contributed by atoms with Crippen molar-refractivity contribution in [2.45, 2.75) is 4.90 Å². The lowest BCUT2D eigenvalue weighted by Gasteiger charge is -2.08. The highest BCUT2D eigenvalue weighted by molar-refractivity contribution is 14.1. The van der Waals surface area contributed by atoms with Gasteiger partial charge in [0.15, 0.2) is 3.70 Å². The second-order valence-electron chi connectivity index (χ2n) is 4.50. The number of rotatable bonds is 3. The Kier molecular flexibility index (Phi) is 3.65. The van der Waals surface area contributed by atoms with Crippen LogP contribution in [0.4, 0.5) is 5.69 Å². The monoisotopic (exact) mass is 428 g/mol. The van der Waals surface area contributed by atoms with Crippen molar-refractivity contribution < 1.29 is 13.3 Å². The van der Waals surface area contributed by atoms with Crippen molar-refractivity contribution >= 4 is 49.2 Å². The van der Waals surface area contributed by atoms with Gasteiger partial charge in [0.1, 0.15) is 0 Å². The van der Waals surface area contributed by atoms with Crippen LogP contribution >= 0.6 is 22.6 Å². The van der Waals surface area contributed by atoms with Gasteiger partial charge in [-0.2, -0.15) is 0 Å². The van der Waals surface area contributed by atoms with E-state index in [0.29, 0.717) is 10.9 Å². The first kappa shape index (κ1) is 15.0. The lowest BCUT2D eigenvalue weighted by Crippen LogP contribution is -2.14. The Balaban J connectivity index is 2.42. The molecular weight excluding hydrogens is 419 g/mol. The summed E-state index contributed by atoms with van der Waals surface area (Å²) in [6.45, 7) is 0. The number of aromatic nitrogens is 1. The Hall–Kier alpha value is -1.94. The summed E-state index contributed by atoms with van der Waals surface area (Å²) < 4.78 is 26.8. The average molecular weight is 428 g/mol. The minimum Gasteiger partial charge on any atom is -0.258 e. The predicted octanol–water partition coefficient (Wildman–Crippen LogP) is 3.39. The van der Waals surface area contributed by atoms with E-state index in [-0.39, 0.29) is 14.3 Å². The van der Waals surface area contributed by atoms with E-state index in [4.69, 9.17) is 0 Å². The molecule has 2 aromatic carbocycles. The zero-order valence-electron chi connectivity index (χ0n) is 11.0. The van der Waals surface area contributed by atoms with Gasteiger partial charge in [-0.05, 0) is 46.9 Å². The number of benzene rings is 2. The summed E-state index contributed by atoms with van der Waals surface area (Å²) in [6, 6.07) is 14.3.